The summed E-state index contributed by atoms with van der Waals surface area (Å²) in [6.45, 7) is 3.24. The third-order valence-corrected chi connectivity index (χ3v) is 6.22. The van der Waals surface area contributed by atoms with Crippen molar-refractivity contribution in [3.05, 3.63) is 69.0 Å². The van der Waals surface area contributed by atoms with E-state index in [1.807, 2.05) is 0 Å². The summed E-state index contributed by atoms with van der Waals surface area (Å²) in [7, 11) is 0. The van der Waals surface area contributed by atoms with Crippen LogP contribution < -0.4 is 5.32 Å². The molecule has 1 aliphatic heterocycles. The molecular formula is C25H22ClF9N2O2. The van der Waals surface area contributed by atoms with Crippen LogP contribution in [-0.4, -0.2) is 29.8 Å². The van der Waals surface area contributed by atoms with Gasteiger partial charge in [-0.2, -0.15) is 26.3 Å². The Balaban J connectivity index is 0.000000771. The van der Waals surface area contributed by atoms with Gasteiger partial charge in [0.1, 0.15) is 5.82 Å². The molecule has 1 aliphatic carbocycles. The van der Waals surface area contributed by atoms with Gasteiger partial charge in [0.15, 0.2) is 5.60 Å². The summed E-state index contributed by atoms with van der Waals surface area (Å²) < 4.78 is 111. The minimum atomic E-state index is -4.94. The Bertz CT molecular complexity index is 1280. The molecule has 2 aromatic rings. The second kappa shape index (κ2) is 10.5. The first-order valence-corrected chi connectivity index (χ1v) is 11.7. The Labute approximate surface area is 222 Å². The van der Waals surface area contributed by atoms with Gasteiger partial charge in [-0.15, -0.1) is 0 Å². The Hall–Kier alpha value is -2.96. The van der Waals surface area contributed by atoms with Crippen molar-refractivity contribution in [1.29, 1.82) is 0 Å². The number of aryl methyl sites for hydroxylation is 1. The van der Waals surface area contributed by atoms with E-state index in [0.717, 1.165) is 6.07 Å². The first kappa shape index (κ1) is 30.6. The molecule has 1 atom stereocenters. The van der Waals surface area contributed by atoms with Gasteiger partial charge < -0.3 is 10.2 Å². The molecule has 0 spiro atoms. The number of rotatable bonds is 4. The Kier molecular flexibility index (Phi) is 8.27. The molecule has 39 heavy (non-hydrogen) atoms. The number of hydrogen-bond donors (Lipinski definition) is 1. The van der Waals surface area contributed by atoms with Crippen LogP contribution in [0.1, 0.15) is 65.7 Å². The first-order valence-electron chi connectivity index (χ1n) is 11.4. The van der Waals surface area contributed by atoms with E-state index in [1.54, 1.807) is 19.1 Å². The van der Waals surface area contributed by atoms with Crippen LogP contribution in [0, 0.1) is 12.7 Å². The van der Waals surface area contributed by atoms with E-state index in [1.165, 1.54) is 13.0 Å². The molecule has 1 saturated carbocycles. The van der Waals surface area contributed by atoms with Gasteiger partial charge in [-0.05, 0) is 49.2 Å². The number of halogens is 10. The summed E-state index contributed by atoms with van der Waals surface area (Å²) in [6, 6.07) is 5.67. The van der Waals surface area contributed by atoms with Crippen LogP contribution in [0.5, 0.6) is 0 Å². The lowest BCUT2D eigenvalue weighted by molar-refractivity contribution is -0.140. The van der Waals surface area contributed by atoms with Gasteiger partial charge in [0, 0.05) is 48.4 Å². The van der Waals surface area contributed by atoms with Crippen LogP contribution in [0.3, 0.4) is 0 Å². The number of hydrogen-bond acceptors (Lipinski definition) is 3. The number of benzene rings is 2. The highest BCUT2D eigenvalue weighted by Crippen LogP contribution is 2.43. The summed E-state index contributed by atoms with van der Waals surface area (Å²) in [4.78, 5) is 17.8. The maximum atomic E-state index is 14.8. The maximum Gasteiger partial charge on any atom is 0.419 e. The summed E-state index contributed by atoms with van der Waals surface area (Å²) >= 11 is 5.82. The van der Waals surface area contributed by atoms with E-state index in [9.17, 15) is 44.3 Å². The Morgan fingerprint density at radius 2 is 1.69 bits per heavy atom. The monoisotopic (exact) mass is 588 g/mol. The van der Waals surface area contributed by atoms with Gasteiger partial charge in [0.2, 0.25) is 0 Å². The molecule has 2 aromatic carbocycles. The van der Waals surface area contributed by atoms with Crippen molar-refractivity contribution >= 4 is 23.2 Å². The van der Waals surface area contributed by atoms with Crippen LogP contribution in [0.2, 0.25) is 5.02 Å². The first-order chi connectivity index (χ1) is 17.7. The molecule has 4 nitrogen and oxygen atoms in total. The third-order valence-electron chi connectivity index (χ3n) is 6.00. The Morgan fingerprint density at radius 3 is 2.21 bits per heavy atom. The predicted octanol–water partition coefficient (Wildman–Crippen LogP) is 7.94. The molecule has 214 valence electrons. The zero-order valence-electron chi connectivity index (χ0n) is 20.6. The zero-order valence-corrected chi connectivity index (χ0v) is 21.4. The number of nitrogens with zero attached hydrogens (tertiary/aromatic N) is 1. The minimum absolute atomic E-state index is 0.0519. The molecule has 1 unspecified atom stereocenters. The largest absolute Gasteiger partial charge is 0.419 e. The maximum absolute atomic E-state index is 14.8. The van der Waals surface area contributed by atoms with E-state index < -0.39 is 60.0 Å². The summed E-state index contributed by atoms with van der Waals surface area (Å²) in [5.41, 5.74) is -1.73. The smallest absolute Gasteiger partial charge is 0.384 e. The van der Waals surface area contributed by atoms with Crippen LogP contribution in [0.4, 0.5) is 39.5 Å². The normalized spacial score (nSPS) is 20.8. The van der Waals surface area contributed by atoms with E-state index in [4.69, 9.17) is 16.4 Å². The lowest BCUT2D eigenvalue weighted by atomic mass is 9.86. The molecule has 2 aliphatic rings. The van der Waals surface area contributed by atoms with Crippen molar-refractivity contribution in [2.24, 2.45) is 5.16 Å². The minimum Gasteiger partial charge on any atom is -0.384 e. The molecule has 0 radical (unpaired) electrons. The van der Waals surface area contributed by atoms with Gasteiger partial charge in [-0.3, -0.25) is 4.79 Å². The fraction of sp³-hybridized carbons (Fsp3) is 0.440. The van der Waals surface area contributed by atoms with Crippen molar-refractivity contribution in [3.63, 3.8) is 0 Å². The summed E-state index contributed by atoms with van der Waals surface area (Å²) in [6.07, 6.45) is -9.80. The standard InChI is InChI=1S/C23H19ClF6N2O2.C2H3F3/c1-11-5-12(3-4-15(11)20(33)31-14-8-22(26,27)9-14)18-10-21(2,34-32-18)16-6-13(24)7-17(19(16)25)23(28,29)30;1-2(3,4)5/h3-7,14H,8-10H2,1-2H3,(H,31,33);1H3. The van der Waals surface area contributed by atoms with Crippen molar-refractivity contribution in [2.45, 2.75) is 70.0 Å². The fourth-order valence-electron chi connectivity index (χ4n) is 4.14. The molecule has 1 heterocycles. The van der Waals surface area contributed by atoms with Crippen molar-refractivity contribution in [2.75, 3.05) is 0 Å². The highest BCUT2D eigenvalue weighted by molar-refractivity contribution is 6.30. The number of amides is 1. The topological polar surface area (TPSA) is 50.7 Å². The average molecular weight is 589 g/mol. The van der Waals surface area contributed by atoms with Gasteiger partial charge in [-0.1, -0.05) is 22.8 Å². The van der Waals surface area contributed by atoms with E-state index in [-0.39, 0.29) is 29.5 Å². The van der Waals surface area contributed by atoms with Crippen molar-refractivity contribution in [3.8, 4) is 0 Å². The summed E-state index contributed by atoms with van der Waals surface area (Å²) in [5.74, 6) is -4.73. The SMILES string of the molecule is CC(F)(F)F.Cc1cc(C2=NOC(C)(c3cc(Cl)cc(C(F)(F)F)c3F)C2)ccc1C(=O)NC1CC(F)(F)C1. The van der Waals surface area contributed by atoms with Crippen molar-refractivity contribution in [1.82, 2.24) is 5.32 Å². The lowest BCUT2D eigenvalue weighted by Gasteiger charge is -2.35. The number of oxime groups is 1. The number of carbonyl (C=O) groups excluding carboxylic acids is 1. The van der Waals surface area contributed by atoms with Crippen LogP contribution in [-0.2, 0) is 16.6 Å². The molecule has 0 bridgehead atoms. The highest BCUT2D eigenvalue weighted by atomic mass is 35.5. The molecule has 0 saturated heterocycles. The molecule has 0 aromatic heterocycles. The lowest BCUT2D eigenvalue weighted by Crippen LogP contribution is -2.50. The average Bonchev–Trinajstić information content (AvgIpc) is 3.15. The molecule has 4 rings (SSSR count). The molecule has 1 fully saturated rings. The van der Waals surface area contributed by atoms with Crippen molar-refractivity contribution < 1.29 is 49.1 Å². The zero-order chi connectivity index (χ0) is 29.6. The highest BCUT2D eigenvalue weighted by Gasteiger charge is 2.46. The molecular weight excluding hydrogens is 567 g/mol. The number of carbonyl (C=O) groups is 1. The van der Waals surface area contributed by atoms with E-state index in [2.05, 4.69) is 10.5 Å². The molecule has 14 heteroatoms. The Morgan fingerprint density at radius 1 is 1.10 bits per heavy atom. The molecule has 1 amide bonds. The molecule has 1 N–H and O–H groups in total. The second-order valence-electron chi connectivity index (χ2n) is 9.60. The van der Waals surface area contributed by atoms with E-state index >= 15 is 0 Å². The van der Waals surface area contributed by atoms with Crippen LogP contribution in [0.25, 0.3) is 0 Å². The predicted molar refractivity (Wildman–Crippen MR) is 124 cm³/mol. The van der Waals surface area contributed by atoms with Crippen LogP contribution >= 0.6 is 11.6 Å². The fourth-order valence-corrected chi connectivity index (χ4v) is 4.36. The number of alkyl halides is 8. The second-order valence-corrected chi connectivity index (χ2v) is 10.0. The summed E-state index contributed by atoms with van der Waals surface area (Å²) in [5, 5.41) is 6.21. The third kappa shape index (κ3) is 7.58. The van der Waals surface area contributed by atoms with Gasteiger partial charge in [-0.25, -0.2) is 13.2 Å². The van der Waals surface area contributed by atoms with Gasteiger partial charge in [0.25, 0.3) is 11.8 Å². The van der Waals surface area contributed by atoms with Crippen LogP contribution in [0.15, 0.2) is 35.5 Å². The van der Waals surface area contributed by atoms with Gasteiger partial charge >= 0.3 is 12.4 Å². The van der Waals surface area contributed by atoms with E-state index in [0.29, 0.717) is 22.9 Å². The quantitative estimate of drug-likeness (QED) is 0.369. The number of nitrogens with one attached hydrogen (secondary N) is 1. The van der Waals surface area contributed by atoms with Gasteiger partial charge in [0.05, 0.1) is 11.3 Å².